The van der Waals surface area contributed by atoms with E-state index in [9.17, 15) is 0 Å². The zero-order chi connectivity index (χ0) is 13.3. The van der Waals surface area contributed by atoms with E-state index in [0.717, 1.165) is 6.04 Å². The van der Waals surface area contributed by atoms with Gasteiger partial charge in [0, 0.05) is 32.2 Å². The molecule has 2 rings (SSSR count). The van der Waals surface area contributed by atoms with Crippen LogP contribution in [-0.4, -0.2) is 62.2 Å². The van der Waals surface area contributed by atoms with E-state index in [4.69, 9.17) is 0 Å². The molecule has 2 fully saturated rings. The maximum atomic E-state index is 3.80. The lowest BCUT2D eigenvalue weighted by atomic mass is 9.97. The van der Waals surface area contributed by atoms with E-state index in [0.29, 0.717) is 0 Å². The average Bonchev–Trinajstić information content (AvgIpc) is 2.38. The molecule has 0 radical (unpaired) electrons. The molecule has 0 amide bonds. The van der Waals surface area contributed by atoms with Gasteiger partial charge in [-0.25, -0.2) is 0 Å². The van der Waals surface area contributed by atoms with Crippen molar-refractivity contribution in [2.24, 2.45) is 0 Å². The van der Waals surface area contributed by atoms with Gasteiger partial charge in [-0.1, -0.05) is 32.1 Å². The van der Waals surface area contributed by atoms with Crippen molar-refractivity contribution in [3.8, 4) is 0 Å². The maximum Gasteiger partial charge on any atom is 0.0110 e. The Morgan fingerprint density at radius 1 is 0.895 bits per heavy atom. The van der Waals surface area contributed by atoms with Crippen molar-refractivity contribution >= 4 is 0 Å². The van der Waals surface area contributed by atoms with E-state index in [1.54, 1.807) is 0 Å². The molecule has 0 unspecified atom stereocenters. The van der Waals surface area contributed by atoms with Crippen molar-refractivity contribution in [2.75, 3.05) is 46.3 Å². The topological polar surface area (TPSA) is 18.5 Å². The first kappa shape index (κ1) is 15.3. The highest BCUT2D eigenvalue weighted by molar-refractivity contribution is 4.72. The Balaban J connectivity index is 1.51. The number of piperazine rings is 1. The van der Waals surface area contributed by atoms with Crippen molar-refractivity contribution in [1.82, 2.24) is 15.1 Å². The van der Waals surface area contributed by atoms with Crippen molar-refractivity contribution < 1.29 is 0 Å². The van der Waals surface area contributed by atoms with Crippen molar-refractivity contribution in [3.05, 3.63) is 0 Å². The van der Waals surface area contributed by atoms with E-state index in [-0.39, 0.29) is 0 Å². The van der Waals surface area contributed by atoms with Gasteiger partial charge in [-0.2, -0.15) is 0 Å². The summed E-state index contributed by atoms with van der Waals surface area (Å²) in [6.07, 6.45) is 11.4. The van der Waals surface area contributed by atoms with Crippen molar-refractivity contribution in [1.29, 1.82) is 0 Å². The highest BCUT2D eigenvalue weighted by atomic mass is 15.2. The Hall–Kier alpha value is -0.120. The molecule has 0 aromatic heterocycles. The third kappa shape index (κ3) is 6.24. The summed E-state index contributed by atoms with van der Waals surface area (Å²) in [4.78, 5) is 5.06. The molecule has 3 nitrogen and oxygen atoms in total. The van der Waals surface area contributed by atoms with Crippen LogP contribution in [0.5, 0.6) is 0 Å². The Bertz CT molecular complexity index is 216. The van der Waals surface area contributed by atoms with E-state index in [2.05, 4.69) is 22.2 Å². The van der Waals surface area contributed by atoms with Crippen LogP contribution in [0, 0.1) is 0 Å². The molecule has 1 aliphatic carbocycles. The highest BCUT2D eigenvalue weighted by Crippen LogP contribution is 2.16. The smallest absolute Gasteiger partial charge is 0.0110 e. The SMILES string of the molecule is CN1CCN(CCCNC2CCCCCCC2)CC1. The van der Waals surface area contributed by atoms with E-state index >= 15 is 0 Å². The minimum Gasteiger partial charge on any atom is -0.314 e. The van der Waals surface area contributed by atoms with Gasteiger partial charge in [0.05, 0.1) is 0 Å². The van der Waals surface area contributed by atoms with Crippen molar-refractivity contribution in [2.45, 2.75) is 57.4 Å². The number of hydrogen-bond donors (Lipinski definition) is 1. The molecule has 1 saturated heterocycles. The number of likely N-dealkylation sites (N-methyl/N-ethyl adjacent to an activating group) is 1. The Labute approximate surface area is 119 Å². The van der Waals surface area contributed by atoms with Crippen LogP contribution in [0.25, 0.3) is 0 Å². The third-order valence-electron chi connectivity index (χ3n) is 4.79. The molecule has 1 heterocycles. The molecule has 1 saturated carbocycles. The van der Waals surface area contributed by atoms with Gasteiger partial charge in [0.1, 0.15) is 0 Å². The second-order valence-corrected chi connectivity index (χ2v) is 6.49. The molecule has 0 aromatic carbocycles. The van der Waals surface area contributed by atoms with Crippen LogP contribution in [0.4, 0.5) is 0 Å². The first-order chi connectivity index (χ1) is 9.34. The lowest BCUT2D eigenvalue weighted by Crippen LogP contribution is -2.45. The minimum atomic E-state index is 0.813. The predicted molar refractivity (Wildman–Crippen MR) is 82.7 cm³/mol. The molecule has 0 aromatic rings. The van der Waals surface area contributed by atoms with Gasteiger partial charge in [0.2, 0.25) is 0 Å². The highest BCUT2D eigenvalue weighted by Gasteiger charge is 2.13. The average molecular weight is 267 g/mol. The molecule has 1 N–H and O–H groups in total. The summed E-state index contributed by atoms with van der Waals surface area (Å²) in [6.45, 7) is 7.52. The number of nitrogens with one attached hydrogen (secondary N) is 1. The Morgan fingerprint density at radius 3 is 2.21 bits per heavy atom. The van der Waals surface area contributed by atoms with E-state index in [1.165, 1.54) is 90.6 Å². The summed E-state index contributed by atoms with van der Waals surface area (Å²) >= 11 is 0. The van der Waals surface area contributed by atoms with Crippen LogP contribution in [0.3, 0.4) is 0 Å². The van der Waals surface area contributed by atoms with Crippen LogP contribution >= 0.6 is 0 Å². The number of rotatable bonds is 5. The van der Waals surface area contributed by atoms with Gasteiger partial charge >= 0.3 is 0 Å². The van der Waals surface area contributed by atoms with Crippen LogP contribution < -0.4 is 5.32 Å². The normalized spacial score (nSPS) is 25.1. The van der Waals surface area contributed by atoms with E-state index in [1.807, 2.05) is 0 Å². The Morgan fingerprint density at radius 2 is 1.53 bits per heavy atom. The Kier molecular flexibility index (Phi) is 7.18. The fourth-order valence-corrected chi connectivity index (χ4v) is 3.34. The van der Waals surface area contributed by atoms with Crippen molar-refractivity contribution in [3.63, 3.8) is 0 Å². The molecule has 19 heavy (non-hydrogen) atoms. The summed E-state index contributed by atoms with van der Waals surface area (Å²) in [5.74, 6) is 0. The fourth-order valence-electron chi connectivity index (χ4n) is 3.34. The minimum absolute atomic E-state index is 0.813. The summed E-state index contributed by atoms with van der Waals surface area (Å²) in [7, 11) is 2.23. The lowest BCUT2D eigenvalue weighted by molar-refractivity contribution is 0.152. The quantitative estimate of drug-likeness (QED) is 0.771. The molecular weight excluding hydrogens is 234 g/mol. The molecule has 0 spiro atoms. The molecule has 112 valence electrons. The number of hydrogen-bond acceptors (Lipinski definition) is 3. The molecule has 0 atom stereocenters. The summed E-state index contributed by atoms with van der Waals surface area (Å²) in [6, 6.07) is 0.813. The van der Waals surface area contributed by atoms with Crippen LogP contribution in [0.2, 0.25) is 0 Å². The summed E-state index contributed by atoms with van der Waals surface area (Å²) in [5.41, 5.74) is 0. The fraction of sp³-hybridized carbons (Fsp3) is 1.00. The zero-order valence-electron chi connectivity index (χ0n) is 12.9. The van der Waals surface area contributed by atoms with Gasteiger partial charge in [-0.15, -0.1) is 0 Å². The van der Waals surface area contributed by atoms with Gasteiger partial charge in [-0.3, -0.25) is 0 Å². The van der Waals surface area contributed by atoms with Gasteiger partial charge in [-0.05, 0) is 39.4 Å². The third-order valence-corrected chi connectivity index (χ3v) is 4.79. The maximum absolute atomic E-state index is 3.80. The molecule has 1 aliphatic heterocycles. The predicted octanol–water partition coefficient (Wildman–Crippen LogP) is 2.33. The molecular formula is C16H33N3. The number of nitrogens with zero attached hydrogens (tertiary/aromatic N) is 2. The second kappa shape index (κ2) is 8.93. The van der Waals surface area contributed by atoms with Gasteiger partial charge in [0.25, 0.3) is 0 Å². The first-order valence-corrected chi connectivity index (χ1v) is 8.49. The van der Waals surface area contributed by atoms with Crippen LogP contribution in [0.1, 0.15) is 51.4 Å². The van der Waals surface area contributed by atoms with Gasteiger partial charge in [0.15, 0.2) is 0 Å². The molecule has 2 aliphatic rings. The molecule has 0 bridgehead atoms. The summed E-state index contributed by atoms with van der Waals surface area (Å²) < 4.78 is 0. The largest absolute Gasteiger partial charge is 0.314 e. The zero-order valence-corrected chi connectivity index (χ0v) is 12.9. The molecule has 3 heteroatoms. The second-order valence-electron chi connectivity index (χ2n) is 6.49. The van der Waals surface area contributed by atoms with Gasteiger partial charge < -0.3 is 15.1 Å². The summed E-state index contributed by atoms with van der Waals surface area (Å²) in [5, 5.41) is 3.80. The van der Waals surface area contributed by atoms with E-state index < -0.39 is 0 Å². The lowest BCUT2D eigenvalue weighted by Gasteiger charge is -2.32. The monoisotopic (exact) mass is 267 g/mol. The standard InChI is InChI=1S/C16H33N3/c1-18-12-14-19(15-13-18)11-7-10-17-16-8-5-3-2-4-6-9-16/h16-17H,2-15H2,1H3. The first-order valence-electron chi connectivity index (χ1n) is 8.49. The van der Waals surface area contributed by atoms with Crippen LogP contribution in [-0.2, 0) is 0 Å². The van der Waals surface area contributed by atoms with Crippen LogP contribution in [0.15, 0.2) is 0 Å².